The van der Waals surface area contributed by atoms with Crippen molar-refractivity contribution in [3.8, 4) is 0 Å². The number of hydrogen-bond donors (Lipinski definition) is 0. The van der Waals surface area contributed by atoms with E-state index >= 15 is 0 Å². The minimum absolute atomic E-state index is 0.102. The number of hydrogen-bond acceptors (Lipinski definition) is 6. The Hall–Kier alpha value is -1.92. The fourth-order valence-electron chi connectivity index (χ4n) is 3.49. The second kappa shape index (κ2) is 6.77. The molecule has 1 aromatic carbocycles. The third-order valence-corrected chi connectivity index (χ3v) is 4.43. The molecular formula is C19H25NO5. The molecule has 2 aliphatic heterocycles. The zero-order valence-electron chi connectivity index (χ0n) is 15.1. The van der Waals surface area contributed by atoms with Crippen molar-refractivity contribution >= 4 is 11.9 Å². The van der Waals surface area contributed by atoms with Gasteiger partial charge in [-0.25, -0.2) is 0 Å². The highest BCUT2D eigenvalue weighted by atomic mass is 16.7. The van der Waals surface area contributed by atoms with E-state index < -0.39 is 17.7 Å². The van der Waals surface area contributed by atoms with Crippen molar-refractivity contribution < 1.29 is 23.9 Å². The highest BCUT2D eigenvalue weighted by molar-refractivity contribution is 5.79. The molecule has 0 saturated carbocycles. The minimum atomic E-state index is -0.549. The zero-order valence-corrected chi connectivity index (χ0v) is 15.1. The van der Waals surface area contributed by atoms with Crippen LogP contribution in [0.3, 0.4) is 0 Å². The molecule has 2 fully saturated rings. The van der Waals surface area contributed by atoms with Crippen LogP contribution in [0.5, 0.6) is 0 Å². The standard InChI is InChI=1S/C19H25NO5/c1-12-16-14(10-15(21)24-19(2,3)4)25-20(17(16)18(22)23-12)11-13-8-6-5-7-9-13/h5-9,12,14,16-17H,10-11H2,1-4H3/t12-,14+,16-,17+/m0/s1. The Bertz CT molecular complexity index is 639. The van der Waals surface area contributed by atoms with Gasteiger partial charge in [0.25, 0.3) is 0 Å². The molecule has 2 aliphatic rings. The number of carbonyl (C=O) groups excluding carboxylic acids is 2. The molecule has 0 bridgehead atoms. The van der Waals surface area contributed by atoms with Crippen molar-refractivity contribution in [2.24, 2.45) is 5.92 Å². The number of hydroxylamine groups is 2. The van der Waals surface area contributed by atoms with Gasteiger partial charge in [0.05, 0.1) is 25.0 Å². The zero-order chi connectivity index (χ0) is 18.2. The van der Waals surface area contributed by atoms with Gasteiger partial charge in [-0.2, -0.15) is 5.06 Å². The molecule has 6 heteroatoms. The molecule has 0 spiro atoms. The first-order chi connectivity index (χ1) is 11.7. The van der Waals surface area contributed by atoms with Crippen LogP contribution < -0.4 is 0 Å². The number of cyclic esters (lactones) is 1. The average molecular weight is 347 g/mol. The van der Waals surface area contributed by atoms with Crippen molar-refractivity contribution in [1.29, 1.82) is 0 Å². The summed E-state index contributed by atoms with van der Waals surface area (Å²) in [7, 11) is 0. The predicted molar refractivity (Wildman–Crippen MR) is 90.2 cm³/mol. The highest BCUT2D eigenvalue weighted by Gasteiger charge is 2.56. The topological polar surface area (TPSA) is 65.1 Å². The third-order valence-electron chi connectivity index (χ3n) is 4.43. The van der Waals surface area contributed by atoms with Gasteiger partial charge in [0, 0.05) is 0 Å². The average Bonchev–Trinajstić information content (AvgIpc) is 2.98. The Morgan fingerprint density at radius 2 is 1.92 bits per heavy atom. The number of rotatable bonds is 4. The molecule has 1 aromatic rings. The molecule has 0 amide bonds. The quantitative estimate of drug-likeness (QED) is 0.780. The molecule has 0 aliphatic carbocycles. The van der Waals surface area contributed by atoms with Gasteiger partial charge in [-0.3, -0.25) is 14.4 Å². The maximum atomic E-state index is 12.3. The molecule has 2 saturated heterocycles. The summed E-state index contributed by atoms with van der Waals surface area (Å²) in [4.78, 5) is 30.5. The van der Waals surface area contributed by atoms with Gasteiger partial charge in [-0.15, -0.1) is 0 Å². The van der Waals surface area contributed by atoms with Crippen LogP contribution in [0.2, 0.25) is 0 Å². The van der Waals surface area contributed by atoms with Crippen LogP contribution in [0.1, 0.15) is 39.7 Å². The summed E-state index contributed by atoms with van der Waals surface area (Å²) < 4.78 is 10.8. The summed E-state index contributed by atoms with van der Waals surface area (Å²) in [5.41, 5.74) is 0.485. The van der Waals surface area contributed by atoms with E-state index in [0.29, 0.717) is 6.54 Å². The number of carbonyl (C=O) groups is 2. The van der Waals surface area contributed by atoms with Gasteiger partial charge < -0.3 is 9.47 Å². The van der Waals surface area contributed by atoms with Crippen LogP contribution in [0, 0.1) is 5.92 Å². The molecule has 0 aromatic heterocycles. The van der Waals surface area contributed by atoms with E-state index in [4.69, 9.17) is 14.3 Å². The Balaban J connectivity index is 1.74. The van der Waals surface area contributed by atoms with E-state index in [1.54, 1.807) is 5.06 Å². The van der Waals surface area contributed by atoms with Crippen LogP contribution in [0.25, 0.3) is 0 Å². The number of nitrogens with zero attached hydrogens (tertiary/aromatic N) is 1. The second-order valence-corrected chi connectivity index (χ2v) is 7.66. The lowest BCUT2D eigenvalue weighted by molar-refractivity contribution is -0.195. The summed E-state index contributed by atoms with van der Waals surface area (Å²) in [6, 6.07) is 9.29. The van der Waals surface area contributed by atoms with E-state index in [2.05, 4.69) is 0 Å². The van der Waals surface area contributed by atoms with Crippen molar-refractivity contribution in [2.75, 3.05) is 0 Å². The van der Waals surface area contributed by atoms with Gasteiger partial charge in [0.15, 0.2) is 0 Å². The number of ether oxygens (including phenoxy) is 2. The summed E-state index contributed by atoms with van der Waals surface area (Å²) in [5.74, 6) is -0.798. The first-order valence-corrected chi connectivity index (χ1v) is 8.64. The second-order valence-electron chi connectivity index (χ2n) is 7.66. The van der Waals surface area contributed by atoms with Gasteiger partial charge in [0.2, 0.25) is 0 Å². The molecule has 25 heavy (non-hydrogen) atoms. The normalized spacial score (nSPS) is 29.4. The number of fused-ring (bicyclic) bond motifs is 1. The minimum Gasteiger partial charge on any atom is -0.461 e. The van der Waals surface area contributed by atoms with E-state index in [0.717, 1.165) is 5.56 Å². The monoisotopic (exact) mass is 347 g/mol. The SMILES string of the molecule is C[C@@H]1OC(=O)[C@H]2[C@@H]1[C@@H](CC(=O)OC(C)(C)C)ON2Cc1ccccc1. The highest BCUT2D eigenvalue weighted by Crippen LogP contribution is 2.40. The fraction of sp³-hybridized carbons (Fsp3) is 0.579. The van der Waals surface area contributed by atoms with Crippen LogP contribution >= 0.6 is 0 Å². The summed E-state index contributed by atoms with van der Waals surface area (Å²) in [6.45, 7) is 7.80. The Morgan fingerprint density at radius 3 is 2.56 bits per heavy atom. The van der Waals surface area contributed by atoms with Crippen molar-refractivity contribution in [3.05, 3.63) is 35.9 Å². The first kappa shape index (κ1) is 17.9. The van der Waals surface area contributed by atoms with Crippen LogP contribution in [0.15, 0.2) is 30.3 Å². The fourth-order valence-corrected chi connectivity index (χ4v) is 3.49. The largest absolute Gasteiger partial charge is 0.461 e. The maximum absolute atomic E-state index is 12.3. The molecular weight excluding hydrogens is 322 g/mol. The lowest BCUT2D eigenvalue weighted by atomic mass is 9.90. The Morgan fingerprint density at radius 1 is 1.24 bits per heavy atom. The Labute approximate surface area is 148 Å². The van der Waals surface area contributed by atoms with E-state index in [-0.39, 0.29) is 30.4 Å². The number of esters is 2. The molecule has 136 valence electrons. The third kappa shape index (κ3) is 4.02. The molecule has 3 rings (SSSR count). The van der Waals surface area contributed by atoms with Crippen LogP contribution in [0.4, 0.5) is 0 Å². The van der Waals surface area contributed by atoms with Gasteiger partial charge in [-0.05, 0) is 33.3 Å². The van der Waals surface area contributed by atoms with Gasteiger partial charge in [-0.1, -0.05) is 30.3 Å². The van der Waals surface area contributed by atoms with Crippen LogP contribution in [-0.2, 0) is 30.4 Å². The van der Waals surface area contributed by atoms with Crippen molar-refractivity contribution in [1.82, 2.24) is 5.06 Å². The van der Waals surface area contributed by atoms with E-state index in [1.807, 2.05) is 58.0 Å². The predicted octanol–water partition coefficient (Wildman–Crippen LogP) is 2.46. The molecule has 0 radical (unpaired) electrons. The first-order valence-electron chi connectivity index (χ1n) is 8.64. The molecule has 4 atom stereocenters. The lowest BCUT2D eigenvalue weighted by Crippen LogP contribution is -2.35. The summed E-state index contributed by atoms with van der Waals surface area (Å²) in [5, 5.41) is 1.65. The van der Waals surface area contributed by atoms with Crippen molar-refractivity contribution in [3.63, 3.8) is 0 Å². The number of benzene rings is 1. The molecule has 0 unspecified atom stereocenters. The molecule has 2 heterocycles. The summed E-state index contributed by atoms with van der Waals surface area (Å²) in [6.07, 6.45) is -0.610. The van der Waals surface area contributed by atoms with Gasteiger partial charge >= 0.3 is 11.9 Å². The van der Waals surface area contributed by atoms with Crippen molar-refractivity contribution in [2.45, 2.75) is 64.5 Å². The smallest absolute Gasteiger partial charge is 0.326 e. The molecule has 0 N–H and O–H groups in total. The van der Waals surface area contributed by atoms with E-state index in [9.17, 15) is 9.59 Å². The molecule has 6 nitrogen and oxygen atoms in total. The lowest BCUT2D eigenvalue weighted by Gasteiger charge is -2.23. The maximum Gasteiger partial charge on any atom is 0.326 e. The van der Waals surface area contributed by atoms with Gasteiger partial charge in [0.1, 0.15) is 17.7 Å². The van der Waals surface area contributed by atoms with E-state index in [1.165, 1.54) is 0 Å². The summed E-state index contributed by atoms with van der Waals surface area (Å²) >= 11 is 0. The van der Waals surface area contributed by atoms with Crippen LogP contribution in [-0.4, -0.2) is 40.9 Å². The Kier molecular flexibility index (Phi) is 4.84.